The quantitative estimate of drug-likeness (QED) is 0.362. The molecule has 31 heavy (non-hydrogen) atoms. The highest BCUT2D eigenvalue weighted by atomic mass is 35.5. The number of rotatable bonds is 5. The van der Waals surface area contributed by atoms with Crippen LogP contribution in [0.25, 0.3) is 11.7 Å². The predicted molar refractivity (Wildman–Crippen MR) is 110 cm³/mol. The summed E-state index contributed by atoms with van der Waals surface area (Å²) in [7, 11) is 0. The Bertz CT molecular complexity index is 1470. The molecule has 158 valence electrons. The second-order valence-electron chi connectivity index (χ2n) is 7.12. The number of imidazole rings is 1. The fourth-order valence-electron chi connectivity index (χ4n) is 3.01. The van der Waals surface area contributed by atoms with Gasteiger partial charge in [-0.05, 0) is 37.1 Å². The summed E-state index contributed by atoms with van der Waals surface area (Å²) in [5.74, 6) is -0.463. The topological polar surface area (TPSA) is 136 Å². The van der Waals surface area contributed by atoms with Crippen LogP contribution in [0.3, 0.4) is 0 Å². The molecule has 0 radical (unpaired) electrons. The Morgan fingerprint density at radius 2 is 2.19 bits per heavy atom. The van der Waals surface area contributed by atoms with Crippen molar-refractivity contribution in [1.29, 1.82) is 0 Å². The third-order valence-corrected chi connectivity index (χ3v) is 4.94. The second-order valence-corrected chi connectivity index (χ2v) is 7.55. The van der Waals surface area contributed by atoms with Crippen molar-refractivity contribution in [2.24, 2.45) is 4.99 Å². The van der Waals surface area contributed by atoms with Crippen molar-refractivity contribution >= 4 is 29.3 Å². The van der Waals surface area contributed by atoms with Gasteiger partial charge in [-0.1, -0.05) is 11.6 Å². The van der Waals surface area contributed by atoms with Crippen LogP contribution < -0.4 is 21.8 Å². The first-order valence-corrected chi connectivity index (χ1v) is 9.84. The van der Waals surface area contributed by atoms with Crippen LogP contribution in [0, 0.1) is 5.82 Å². The number of hydrogen-bond donors (Lipinski definition) is 4. The van der Waals surface area contributed by atoms with Crippen molar-refractivity contribution in [3.8, 4) is 5.88 Å². The highest BCUT2D eigenvalue weighted by molar-refractivity contribution is 6.30. The predicted octanol–water partition coefficient (Wildman–Crippen LogP) is 0.862. The van der Waals surface area contributed by atoms with Crippen molar-refractivity contribution in [3.05, 3.63) is 67.8 Å². The molecule has 1 fully saturated rings. The first-order chi connectivity index (χ1) is 15.0. The molecule has 0 aliphatic heterocycles. The van der Waals surface area contributed by atoms with Gasteiger partial charge in [0.1, 0.15) is 11.5 Å². The average molecular weight is 443 g/mol. The molecule has 0 bridgehead atoms. The van der Waals surface area contributed by atoms with Gasteiger partial charge in [0.25, 0.3) is 5.62 Å². The third kappa shape index (κ3) is 3.99. The maximum Gasteiger partial charge on any atom is 0.326 e. The van der Waals surface area contributed by atoms with Crippen LogP contribution in [0.4, 0.5) is 10.3 Å². The Balaban J connectivity index is 1.59. The molecular weight excluding hydrogens is 427 g/mol. The number of hydrogen-bond acceptors (Lipinski definition) is 7. The van der Waals surface area contributed by atoms with E-state index < -0.39 is 11.5 Å². The van der Waals surface area contributed by atoms with E-state index >= 15 is 0 Å². The number of halogens is 2. The van der Waals surface area contributed by atoms with Gasteiger partial charge in [0.15, 0.2) is 5.65 Å². The molecule has 1 saturated carbocycles. The van der Waals surface area contributed by atoms with E-state index in [0.717, 1.165) is 12.8 Å². The Kier molecular flexibility index (Phi) is 4.66. The molecule has 5 rings (SSSR count). The van der Waals surface area contributed by atoms with Crippen molar-refractivity contribution in [2.75, 3.05) is 5.32 Å². The van der Waals surface area contributed by atoms with Gasteiger partial charge in [0, 0.05) is 22.3 Å². The number of nitrogens with one attached hydrogen (secondary N) is 3. The van der Waals surface area contributed by atoms with E-state index in [0.29, 0.717) is 27.1 Å². The van der Waals surface area contributed by atoms with Crippen LogP contribution in [0.1, 0.15) is 24.1 Å². The van der Waals surface area contributed by atoms with Gasteiger partial charge in [0.2, 0.25) is 11.8 Å². The minimum Gasteiger partial charge on any atom is -0.493 e. The van der Waals surface area contributed by atoms with Gasteiger partial charge in [-0.15, -0.1) is 0 Å². The molecule has 4 N–H and O–H groups in total. The number of aromatic hydroxyl groups is 1. The van der Waals surface area contributed by atoms with E-state index in [-0.39, 0.29) is 30.1 Å². The summed E-state index contributed by atoms with van der Waals surface area (Å²) >= 11 is 5.96. The van der Waals surface area contributed by atoms with Gasteiger partial charge in [-0.3, -0.25) is 4.98 Å². The smallest absolute Gasteiger partial charge is 0.326 e. The van der Waals surface area contributed by atoms with Crippen molar-refractivity contribution in [2.45, 2.75) is 25.4 Å². The lowest BCUT2D eigenvalue weighted by Gasteiger charge is -2.07. The molecule has 1 aliphatic rings. The number of nitrogens with zero attached hydrogens (tertiary/aromatic N) is 5. The zero-order valence-electron chi connectivity index (χ0n) is 15.9. The van der Waals surface area contributed by atoms with Crippen molar-refractivity contribution in [1.82, 2.24) is 29.5 Å². The number of aromatic amines is 2. The van der Waals surface area contributed by atoms with Crippen molar-refractivity contribution in [3.63, 3.8) is 0 Å². The summed E-state index contributed by atoms with van der Waals surface area (Å²) in [6.45, 7) is 0.116. The van der Waals surface area contributed by atoms with Gasteiger partial charge in [-0.2, -0.15) is 19.6 Å². The van der Waals surface area contributed by atoms with Crippen LogP contribution in [0.2, 0.25) is 5.02 Å². The second kappa shape index (κ2) is 7.51. The molecule has 0 atom stereocenters. The van der Waals surface area contributed by atoms with Crippen LogP contribution in [0.5, 0.6) is 5.88 Å². The summed E-state index contributed by atoms with van der Waals surface area (Å²) in [4.78, 5) is 29.6. The van der Waals surface area contributed by atoms with E-state index in [9.17, 15) is 14.3 Å². The zero-order chi connectivity index (χ0) is 21.5. The molecule has 1 aromatic carbocycles. The largest absolute Gasteiger partial charge is 0.493 e. The van der Waals surface area contributed by atoms with Crippen LogP contribution in [0.15, 0.2) is 34.2 Å². The summed E-state index contributed by atoms with van der Waals surface area (Å²) in [6, 6.07) is 4.48. The molecule has 0 unspecified atom stereocenters. The van der Waals surface area contributed by atoms with Gasteiger partial charge in [0.05, 0.1) is 12.2 Å². The molecule has 3 heterocycles. The maximum absolute atomic E-state index is 14.0. The Labute approximate surface area is 178 Å². The Morgan fingerprint density at radius 3 is 2.94 bits per heavy atom. The Morgan fingerprint density at radius 1 is 1.35 bits per heavy atom. The highest BCUT2D eigenvalue weighted by Crippen LogP contribution is 2.22. The molecule has 3 aromatic heterocycles. The molecule has 12 heteroatoms. The molecule has 10 nitrogen and oxygen atoms in total. The fraction of sp³-hybridized carbons (Fsp3) is 0.211. The lowest BCUT2D eigenvalue weighted by Crippen LogP contribution is -2.24. The molecule has 0 amide bonds. The lowest BCUT2D eigenvalue weighted by atomic mass is 10.2. The molecular formula is C19H16ClFN8O2. The summed E-state index contributed by atoms with van der Waals surface area (Å²) in [5.41, 5.74) is 0.782. The molecule has 4 aromatic rings. The summed E-state index contributed by atoms with van der Waals surface area (Å²) in [5, 5.41) is 18.1. The number of aromatic nitrogens is 6. The SMILES string of the molecule is O=c1[nH]c(O)c(/C=c2\cnn3c(=NC4CC4)nc(NCc4cc(Cl)ccc4F)nc23)[nH]1. The van der Waals surface area contributed by atoms with Gasteiger partial charge in [-0.25, -0.2) is 14.2 Å². The van der Waals surface area contributed by atoms with Crippen molar-refractivity contribution < 1.29 is 9.50 Å². The van der Waals surface area contributed by atoms with Gasteiger partial charge < -0.3 is 15.4 Å². The number of fused-ring (bicyclic) bond motifs is 1. The zero-order valence-corrected chi connectivity index (χ0v) is 16.7. The van der Waals surface area contributed by atoms with E-state index in [1.807, 2.05) is 0 Å². The minimum atomic E-state index is -0.537. The van der Waals surface area contributed by atoms with E-state index in [2.05, 4.69) is 35.3 Å². The molecule has 1 aliphatic carbocycles. The van der Waals surface area contributed by atoms with E-state index in [1.54, 1.807) is 0 Å². The van der Waals surface area contributed by atoms with Crippen LogP contribution >= 0.6 is 11.6 Å². The fourth-order valence-corrected chi connectivity index (χ4v) is 3.21. The standard InChI is InChI=1S/C19H16ClFN8O2/c20-11-1-4-13(21)9(5-11)7-22-17-26-15-10(6-14-16(30)27-19(31)25-14)8-23-29(15)18(28-17)24-12-2-3-12/h1,4-6,8,12,30H,2-3,7H2,(H,22,24,28)(H2,25,27,31)/b10-6+. The first-order valence-electron chi connectivity index (χ1n) is 9.47. The normalized spacial score (nSPS) is 15.2. The van der Waals surface area contributed by atoms with E-state index in [4.69, 9.17) is 11.6 Å². The van der Waals surface area contributed by atoms with Gasteiger partial charge >= 0.3 is 5.69 Å². The Hall–Kier alpha value is -3.73. The lowest BCUT2D eigenvalue weighted by molar-refractivity contribution is 0.454. The first kappa shape index (κ1) is 19.2. The van der Waals surface area contributed by atoms with Crippen LogP contribution in [-0.2, 0) is 6.54 Å². The number of benzene rings is 1. The molecule has 0 saturated heterocycles. The maximum atomic E-state index is 14.0. The monoisotopic (exact) mass is 442 g/mol. The molecule has 0 spiro atoms. The average Bonchev–Trinajstić information content (AvgIpc) is 3.37. The van der Waals surface area contributed by atoms with E-state index in [1.165, 1.54) is 35.0 Å². The van der Waals surface area contributed by atoms with Crippen LogP contribution in [-0.4, -0.2) is 40.7 Å². The summed E-state index contributed by atoms with van der Waals surface area (Å²) < 4.78 is 15.5. The summed E-state index contributed by atoms with van der Waals surface area (Å²) in [6.07, 6.45) is 5.01. The number of anilines is 1. The third-order valence-electron chi connectivity index (χ3n) is 4.70. The highest BCUT2D eigenvalue weighted by Gasteiger charge is 2.21. The minimum absolute atomic E-state index is 0.116. The number of H-pyrrole nitrogens is 2.